The first kappa shape index (κ1) is 15.1. The van der Waals surface area contributed by atoms with Gasteiger partial charge >= 0.3 is 0 Å². The van der Waals surface area contributed by atoms with Crippen LogP contribution in [0.3, 0.4) is 0 Å². The summed E-state index contributed by atoms with van der Waals surface area (Å²) < 4.78 is 26.6. The van der Waals surface area contributed by atoms with E-state index in [4.69, 9.17) is 5.11 Å². The van der Waals surface area contributed by atoms with Gasteiger partial charge in [0.1, 0.15) is 0 Å². The van der Waals surface area contributed by atoms with E-state index < -0.39 is 10.0 Å². The van der Waals surface area contributed by atoms with Crippen LogP contribution in [0.5, 0.6) is 0 Å². The zero-order valence-electron chi connectivity index (χ0n) is 10.7. The molecule has 0 aliphatic rings. The fourth-order valence-corrected chi connectivity index (χ4v) is 3.05. The summed E-state index contributed by atoms with van der Waals surface area (Å²) in [7, 11) is -3.38. The molecule has 0 bridgehead atoms. The zero-order valence-corrected chi connectivity index (χ0v) is 11.5. The molecule has 1 rings (SSSR count). The fourth-order valence-electron chi connectivity index (χ4n) is 1.73. The number of hydrogen-bond acceptors (Lipinski definition) is 3. The molecule has 0 saturated heterocycles. The Kier molecular flexibility index (Phi) is 6.32. The summed E-state index contributed by atoms with van der Waals surface area (Å²) in [5, 5.41) is 8.62. The van der Waals surface area contributed by atoms with Gasteiger partial charge in [0.05, 0.1) is 4.90 Å². The van der Waals surface area contributed by atoms with E-state index in [2.05, 4.69) is 4.72 Å². The van der Waals surface area contributed by atoms with Gasteiger partial charge in [0.2, 0.25) is 10.0 Å². The molecule has 0 spiro atoms. The first-order valence-corrected chi connectivity index (χ1v) is 7.72. The second kappa shape index (κ2) is 7.51. The van der Waals surface area contributed by atoms with Gasteiger partial charge in [-0.2, -0.15) is 0 Å². The first-order valence-electron chi connectivity index (χ1n) is 6.24. The normalized spacial score (nSPS) is 11.7. The van der Waals surface area contributed by atoms with E-state index in [1.807, 2.05) is 6.07 Å². The number of benzene rings is 1. The maximum Gasteiger partial charge on any atom is 0.240 e. The molecule has 0 radical (unpaired) electrons. The summed E-state index contributed by atoms with van der Waals surface area (Å²) in [5.74, 6) is 0. The molecular formula is C13H21NO3S. The summed E-state index contributed by atoms with van der Waals surface area (Å²) in [4.78, 5) is 0.348. The van der Waals surface area contributed by atoms with Gasteiger partial charge in [0.25, 0.3) is 0 Å². The molecule has 0 saturated carbocycles. The topological polar surface area (TPSA) is 66.4 Å². The summed E-state index contributed by atoms with van der Waals surface area (Å²) in [6.45, 7) is 2.44. The standard InChI is InChI=1S/C13H21NO3S/c1-12-8-4-5-9-13(12)18(16,17)14-10-6-2-3-7-11-15/h4-5,8-9,14-15H,2-3,6-7,10-11H2,1H3. The van der Waals surface area contributed by atoms with Gasteiger partial charge in [0, 0.05) is 13.2 Å². The van der Waals surface area contributed by atoms with Crippen LogP contribution >= 0.6 is 0 Å². The number of hydrogen-bond donors (Lipinski definition) is 2. The maximum atomic E-state index is 12.0. The first-order chi connectivity index (χ1) is 8.58. The Balaban J connectivity index is 2.44. The Morgan fingerprint density at radius 3 is 2.44 bits per heavy atom. The second-order valence-corrected chi connectivity index (χ2v) is 6.04. The summed E-state index contributed by atoms with van der Waals surface area (Å²) in [6, 6.07) is 6.95. The van der Waals surface area contributed by atoms with Crippen molar-refractivity contribution in [3.63, 3.8) is 0 Å². The second-order valence-electron chi connectivity index (χ2n) is 4.30. The highest BCUT2D eigenvalue weighted by Gasteiger charge is 2.14. The van der Waals surface area contributed by atoms with E-state index in [9.17, 15) is 8.42 Å². The molecular weight excluding hydrogens is 250 g/mol. The molecule has 0 atom stereocenters. The van der Waals surface area contributed by atoms with Gasteiger partial charge in [-0.3, -0.25) is 0 Å². The number of sulfonamides is 1. The Morgan fingerprint density at radius 2 is 1.78 bits per heavy atom. The van der Waals surface area contributed by atoms with Crippen molar-refractivity contribution in [1.82, 2.24) is 4.72 Å². The van der Waals surface area contributed by atoms with Crippen molar-refractivity contribution in [2.24, 2.45) is 0 Å². The molecule has 0 amide bonds. The number of aryl methyl sites for hydroxylation is 1. The lowest BCUT2D eigenvalue weighted by atomic mass is 10.2. The van der Waals surface area contributed by atoms with Gasteiger partial charge in [-0.25, -0.2) is 13.1 Å². The van der Waals surface area contributed by atoms with Crippen LogP contribution in [0.2, 0.25) is 0 Å². The molecule has 0 aliphatic carbocycles. The molecule has 0 heterocycles. The van der Waals surface area contributed by atoms with Crippen LogP contribution in [-0.4, -0.2) is 26.7 Å². The summed E-state index contributed by atoms with van der Waals surface area (Å²) in [6.07, 6.45) is 3.44. The Labute approximate surface area is 109 Å². The number of unbranched alkanes of at least 4 members (excludes halogenated alkanes) is 3. The summed E-state index contributed by atoms with van der Waals surface area (Å²) >= 11 is 0. The average molecular weight is 271 g/mol. The highest BCUT2D eigenvalue weighted by atomic mass is 32.2. The molecule has 18 heavy (non-hydrogen) atoms. The van der Waals surface area contributed by atoms with Crippen LogP contribution in [-0.2, 0) is 10.0 Å². The van der Waals surface area contributed by atoms with Crippen molar-refractivity contribution < 1.29 is 13.5 Å². The minimum absolute atomic E-state index is 0.203. The van der Waals surface area contributed by atoms with Crippen LogP contribution in [0, 0.1) is 6.92 Å². The smallest absolute Gasteiger partial charge is 0.240 e. The van der Waals surface area contributed by atoms with Crippen molar-refractivity contribution in [1.29, 1.82) is 0 Å². The highest BCUT2D eigenvalue weighted by Crippen LogP contribution is 2.13. The minimum atomic E-state index is -3.38. The van der Waals surface area contributed by atoms with Gasteiger partial charge < -0.3 is 5.11 Å². The van der Waals surface area contributed by atoms with Crippen molar-refractivity contribution in [3.05, 3.63) is 29.8 Å². The lowest BCUT2D eigenvalue weighted by molar-refractivity contribution is 0.282. The molecule has 1 aromatic rings. The van der Waals surface area contributed by atoms with Crippen LogP contribution in [0.1, 0.15) is 31.2 Å². The van der Waals surface area contributed by atoms with Gasteiger partial charge in [0.15, 0.2) is 0 Å². The highest BCUT2D eigenvalue weighted by molar-refractivity contribution is 7.89. The molecule has 102 valence electrons. The molecule has 0 aliphatic heterocycles. The maximum absolute atomic E-state index is 12.0. The zero-order chi connectivity index (χ0) is 13.4. The quantitative estimate of drug-likeness (QED) is 0.709. The number of aliphatic hydroxyl groups is 1. The average Bonchev–Trinajstić information content (AvgIpc) is 2.34. The lowest BCUT2D eigenvalue weighted by Crippen LogP contribution is -2.25. The van der Waals surface area contributed by atoms with Crippen LogP contribution in [0.4, 0.5) is 0 Å². The van der Waals surface area contributed by atoms with Crippen molar-refractivity contribution >= 4 is 10.0 Å². The van der Waals surface area contributed by atoms with Crippen molar-refractivity contribution in [2.45, 2.75) is 37.5 Å². The van der Waals surface area contributed by atoms with Gasteiger partial charge in [-0.1, -0.05) is 31.0 Å². The predicted octanol–water partition coefficient (Wildman–Crippen LogP) is 1.83. The van der Waals surface area contributed by atoms with Gasteiger partial charge in [-0.15, -0.1) is 0 Å². The molecule has 0 fully saturated rings. The summed E-state index contributed by atoms with van der Waals surface area (Å²) in [5.41, 5.74) is 0.755. The van der Waals surface area contributed by atoms with E-state index in [-0.39, 0.29) is 6.61 Å². The third-order valence-corrected chi connectivity index (χ3v) is 4.38. The Bertz CT molecular complexity index is 457. The SMILES string of the molecule is Cc1ccccc1S(=O)(=O)NCCCCCCO. The van der Waals surface area contributed by atoms with Crippen LogP contribution < -0.4 is 4.72 Å². The van der Waals surface area contributed by atoms with E-state index in [0.717, 1.165) is 31.2 Å². The van der Waals surface area contributed by atoms with Gasteiger partial charge in [-0.05, 0) is 31.4 Å². The molecule has 4 nitrogen and oxygen atoms in total. The lowest BCUT2D eigenvalue weighted by Gasteiger charge is -2.08. The third kappa shape index (κ3) is 4.76. The number of aliphatic hydroxyl groups excluding tert-OH is 1. The largest absolute Gasteiger partial charge is 0.396 e. The van der Waals surface area contributed by atoms with Crippen LogP contribution in [0.15, 0.2) is 29.2 Å². The third-order valence-electron chi connectivity index (χ3n) is 2.76. The number of rotatable bonds is 8. The molecule has 0 unspecified atom stereocenters. The Hall–Kier alpha value is -0.910. The van der Waals surface area contributed by atoms with E-state index in [0.29, 0.717) is 11.4 Å². The molecule has 2 N–H and O–H groups in total. The van der Waals surface area contributed by atoms with Crippen molar-refractivity contribution in [2.75, 3.05) is 13.2 Å². The van der Waals surface area contributed by atoms with Crippen molar-refractivity contribution in [3.8, 4) is 0 Å². The molecule has 5 heteroatoms. The van der Waals surface area contributed by atoms with E-state index in [1.165, 1.54) is 0 Å². The number of nitrogens with one attached hydrogen (secondary N) is 1. The molecule has 1 aromatic carbocycles. The van der Waals surface area contributed by atoms with E-state index >= 15 is 0 Å². The predicted molar refractivity (Wildman–Crippen MR) is 71.9 cm³/mol. The molecule has 0 aromatic heterocycles. The fraction of sp³-hybridized carbons (Fsp3) is 0.538. The minimum Gasteiger partial charge on any atom is -0.396 e. The van der Waals surface area contributed by atoms with E-state index in [1.54, 1.807) is 25.1 Å². The Morgan fingerprint density at radius 1 is 1.11 bits per heavy atom. The monoisotopic (exact) mass is 271 g/mol. The van der Waals surface area contributed by atoms with Crippen LogP contribution in [0.25, 0.3) is 0 Å².